The van der Waals surface area contributed by atoms with E-state index in [1.807, 2.05) is 25.1 Å². The van der Waals surface area contributed by atoms with Crippen LogP contribution in [0.15, 0.2) is 47.1 Å². The summed E-state index contributed by atoms with van der Waals surface area (Å²) in [6.45, 7) is 2.01. The van der Waals surface area contributed by atoms with Crippen LogP contribution < -0.4 is 10.1 Å². The Hall–Kier alpha value is -2.46. The fourth-order valence-corrected chi connectivity index (χ4v) is 2.71. The third kappa shape index (κ3) is 3.32. The SMILES string of the molecule is COc1ccc(NC(=O)Cc2coc3ccc(C)cc23)cc1Cl. The molecule has 0 atom stereocenters. The molecule has 0 fully saturated rings. The third-order valence-electron chi connectivity index (χ3n) is 3.60. The number of carbonyl (C=O) groups is 1. The lowest BCUT2D eigenvalue weighted by molar-refractivity contribution is -0.115. The Morgan fingerprint density at radius 3 is 2.83 bits per heavy atom. The zero-order valence-corrected chi connectivity index (χ0v) is 13.6. The quantitative estimate of drug-likeness (QED) is 0.762. The maximum Gasteiger partial charge on any atom is 0.228 e. The van der Waals surface area contributed by atoms with Crippen molar-refractivity contribution in [2.45, 2.75) is 13.3 Å². The molecular formula is C18H16ClNO3. The van der Waals surface area contributed by atoms with Crippen molar-refractivity contribution in [3.05, 3.63) is 58.8 Å². The summed E-state index contributed by atoms with van der Waals surface area (Å²) in [4.78, 5) is 12.2. The van der Waals surface area contributed by atoms with E-state index in [0.29, 0.717) is 16.5 Å². The summed E-state index contributed by atoms with van der Waals surface area (Å²) in [6, 6.07) is 11.0. The molecule has 118 valence electrons. The Balaban J connectivity index is 1.76. The summed E-state index contributed by atoms with van der Waals surface area (Å²) in [5, 5.41) is 4.25. The molecular weight excluding hydrogens is 314 g/mol. The first-order valence-electron chi connectivity index (χ1n) is 7.17. The van der Waals surface area contributed by atoms with Crippen molar-refractivity contribution in [2.24, 2.45) is 0 Å². The normalized spacial score (nSPS) is 10.7. The van der Waals surface area contributed by atoms with E-state index >= 15 is 0 Å². The van der Waals surface area contributed by atoms with Gasteiger partial charge in [-0.2, -0.15) is 0 Å². The van der Waals surface area contributed by atoms with E-state index in [2.05, 4.69) is 5.32 Å². The average Bonchev–Trinajstić information content (AvgIpc) is 2.89. The lowest BCUT2D eigenvalue weighted by Gasteiger charge is -2.07. The zero-order chi connectivity index (χ0) is 16.4. The predicted octanol–water partition coefficient (Wildman–Crippen LogP) is 4.58. The van der Waals surface area contributed by atoms with Crippen molar-refractivity contribution in [2.75, 3.05) is 12.4 Å². The second kappa shape index (κ2) is 6.34. The number of fused-ring (bicyclic) bond motifs is 1. The third-order valence-corrected chi connectivity index (χ3v) is 3.89. The van der Waals surface area contributed by atoms with Crippen molar-refractivity contribution < 1.29 is 13.9 Å². The molecule has 2 aromatic carbocycles. The van der Waals surface area contributed by atoms with E-state index in [4.69, 9.17) is 20.8 Å². The summed E-state index contributed by atoms with van der Waals surface area (Å²) in [5.74, 6) is 0.441. The second-order valence-corrected chi connectivity index (χ2v) is 5.74. The minimum absolute atomic E-state index is 0.129. The predicted molar refractivity (Wildman–Crippen MR) is 91.3 cm³/mol. The van der Waals surface area contributed by atoms with Crippen LogP contribution in [0.4, 0.5) is 5.69 Å². The highest BCUT2D eigenvalue weighted by Gasteiger charge is 2.11. The van der Waals surface area contributed by atoms with Gasteiger partial charge in [-0.1, -0.05) is 23.2 Å². The number of ether oxygens (including phenoxy) is 1. The van der Waals surface area contributed by atoms with Gasteiger partial charge in [0.15, 0.2) is 0 Å². The van der Waals surface area contributed by atoms with Gasteiger partial charge in [0, 0.05) is 16.6 Å². The van der Waals surface area contributed by atoms with Gasteiger partial charge < -0.3 is 14.5 Å². The molecule has 3 rings (SSSR count). The maximum atomic E-state index is 12.2. The molecule has 1 aromatic heterocycles. The van der Waals surface area contributed by atoms with Crippen LogP contribution >= 0.6 is 11.6 Å². The minimum Gasteiger partial charge on any atom is -0.495 e. The fraction of sp³-hybridized carbons (Fsp3) is 0.167. The van der Waals surface area contributed by atoms with E-state index in [-0.39, 0.29) is 12.3 Å². The molecule has 1 N–H and O–H groups in total. The van der Waals surface area contributed by atoms with Crippen molar-refractivity contribution >= 4 is 34.2 Å². The number of anilines is 1. The summed E-state index contributed by atoms with van der Waals surface area (Å²) in [5.41, 5.74) is 3.40. The van der Waals surface area contributed by atoms with Crippen LogP contribution in [0.2, 0.25) is 5.02 Å². The highest BCUT2D eigenvalue weighted by Crippen LogP contribution is 2.27. The topological polar surface area (TPSA) is 51.5 Å². The van der Waals surface area contributed by atoms with Gasteiger partial charge in [-0.05, 0) is 37.3 Å². The van der Waals surface area contributed by atoms with E-state index in [9.17, 15) is 4.79 Å². The molecule has 5 heteroatoms. The molecule has 0 aliphatic rings. The molecule has 0 aliphatic carbocycles. The van der Waals surface area contributed by atoms with Crippen molar-refractivity contribution in [3.63, 3.8) is 0 Å². The van der Waals surface area contributed by atoms with Gasteiger partial charge in [0.05, 0.1) is 24.8 Å². The summed E-state index contributed by atoms with van der Waals surface area (Å²) in [6.07, 6.45) is 1.87. The Morgan fingerprint density at radius 1 is 1.26 bits per heavy atom. The Bertz CT molecular complexity index is 870. The van der Waals surface area contributed by atoms with Crippen LogP contribution in [0.3, 0.4) is 0 Å². The molecule has 0 spiro atoms. The first kappa shape index (κ1) is 15.4. The fourth-order valence-electron chi connectivity index (χ4n) is 2.45. The largest absolute Gasteiger partial charge is 0.495 e. The van der Waals surface area contributed by atoms with E-state index in [1.54, 1.807) is 31.6 Å². The minimum atomic E-state index is -0.129. The molecule has 3 aromatic rings. The van der Waals surface area contributed by atoms with Crippen LogP contribution in [-0.2, 0) is 11.2 Å². The monoisotopic (exact) mass is 329 g/mol. The second-order valence-electron chi connectivity index (χ2n) is 5.33. The van der Waals surface area contributed by atoms with Gasteiger partial charge in [0.1, 0.15) is 11.3 Å². The highest BCUT2D eigenvalue weighted by atomic mass is 35.5. The number of halogens is 1. The zero-order valence-electron chi connectivity index (χ0n) is 12.9. The lowest BCUT2D eigenvalue weighted by atomic mass is 10.1. The van der Waals surface area contributed by atoms with Crippen LogP contribution in [0.5, 0.6) is 5.75 Å². The summed E-state index contributed by atoms with van der Waals surface area (Å²) < 4.78 is 10.6. The number of methoxy groups -OCH3 is 1. The van der Waals surface area contributed by atoms with Crippen LogP contribution in [0.25, 0.3) is 11.0 Å². The van der Waals surface area contributed by atoms with E-state index in [1.165, 1.54) is 0 Å². The Kier molecular flexibility index (Phi) is 4.26. The number of benzene rings is 2. The van der Waals surface area contributed by atoms with Crippen molar-refractivity contribution in [1.29, 1.82) is 0 Å². The summed E-state index contributed by atoms with van der Waals surface area (Å²) >= 11 is 6.06. The number of nitrogens with one attached hydrogen (secondary N) is 1. The Labute approximate surface area is 139 Å². The molecule has 4 nitrogen and oxygen atoms in total. The van der Waals surface area contributed by atoms with Gasteiger partial charge in [0.25, 0.3) is 0 Å². The van der Waals surface area contributed by atoms with Gasteiger partial charge in [-0.3, -0.25) is 4.79 Å². The van der Waals surface area contributed by atoms with Crippen LogP contribution in [0, 0.1) is 6.92 Å². The van der Waals surface area contributed by atoms with Crippen molar-refractivity contribution in [1.82, 2.24) is 0 Å². The number of hydrogen-bond acceptors (Lipinski definition) is 3. The van der Waals surface area contributed by atoms with E-state index in [0.717, 1.165) is 22.1 Å². The smallest absolute Gasteiger partial charge is 0.228 e. The molecule has 0 bridgehead atoms. The number of amides is 1. The van der Waals surface area contributed by atoms with E-state index < -0.39 is 0 Å². The molecule has 0 saturated heterocycles. The van der Waals surface area contributed by atoms with Crippen LogP contribution in [0.1, 0.15) is 11.1 Å². The molecule has 0 radical (unpaired) electrons. The van der Waals surface area contributed by atoms with Gasteiger partial charge in [-0.15, -0.1) is 0 Å². The average molecular weight is 330 g/mol. The van der Waals surface area contributed by atoms with Gasteiger partial charge >= 0.3 is 0 Å². The van der Waals surface area contributed by atoms with Gasteiger partial charge in [0.2, 0.25) is 5.91 Å². The number of hydrogen-bond donors (Lipinski definition) is 1. The summed E-state index contributed by atoms with van der Waals surface area (Å²) in [7, 11) is 1.55. The molecule has 0 saturated carbocycles. The number of rotatable bonds is 4. The molecule has 1 heterocycles. The number of aryl methyl sites for hydroxylation is 1. The molecule has 23 heavy (non-hydrogen) atoms. The standard InChI is InChI=1S/C18H16ClNO3/c1-11-3-5-16-14(7-11)12(10-23-16)8-18(21)20-13-4-6-17(22-2)15(19)9-13/h3-7,9-10H,8H2,1-2H3,(H,20,21). The molecule has 0 unspecified atom stereocenters. The first-order chi connectivity index (χ1) is 11.1. The van der Waals surface area contributed by atoms with Gasteiger partial charge in [-0.25, -0.2) is 0 Å². The molecule has 1 amide bonds. The number of furan rings is 1. The van der Waals surface area contributed by atoms with Crippen LogP contribution in [-0.4, -0.2) is 13.0 Å². The highest BCUT2D eigenvalue weighted by molar-refractivity contribution is 6.32. The molecule has 0 aliphatic heterocycles. The maximum absolute atomic E-state index is 12.2. The Morgan fingerprint density at radius 2 is 2.09 bits per heavy atom. The van der Waals surface area contributed by atoms with Crippen molar-refractivity contribution in [3.8, 4) is 5.75 Å². The first-order valence-corrected chi connectivity index (χ1v) is 7.55. The lowest BCUT2D eigenvalue weighted by Crippen LogP contribution is -2.14. The number of carbonyl (C=O) groups excluding carboxylic acids is 1.